The summed E-state index contributed by atoms with van der Waals surface area (Å²) in [5.74, 6) is 0. The predicted octanol–water partition coefficient (Wildman–Crippen LogP) is 9.50. The Balaban J connectivity index is 1.40. The molecule has 0 radical (unpaired) electrons. The van der Waals surface area contributed by atoms with Gasteiger partial charge in [-0.3, -0.25) is 0 Å². The molecule has 0 saturated heterocycles. The number of fused-ring (bicyclic) bond motifs is 2. The molecule has 0 nitrogen and oxygen atoms in total. The summed E-state index contributed by atoms with van der Waals surface area (Å²) in [6, 6.07) is 35.7. The summed E-state index contributed by atoms with van der Waals surface area (Å²) in [6.45, 7) is 4.67. The molecule has 0 aromatic heterocycles. The Morgan fingerprint density at radius 1 is 0.514 bits per heavy atom. The molecule has 2 aliphatic rings. The molecule has 1 heteroatoms. The Bertz CT molecular complexity index is 1320. The maximum absolute atomic E-state index is 2.52. The van der Waals surface area contributed by atoms with Crippen molar-refractivity contribution in [2.45, 2.75) is 35.9 Å². The zero-order chi connectivity index (χ0) is 23.8. The van der Waals surface area contributed by atoms with E-state index in [1.54, 1.807) is 22.3 Å². The van der Waals surface area contributed by atoms with Crippen LogP contribution in [0, 0.1) is 0 Å². The molecule has 0 spiro atoms. The molecule has 35 heavy (non-hydrogen) atoms. The second kappa shape index (κ2) is 9.54. The van der Waals surface area contributed by atoms with Gasteiger partial charge in [-0.05, 0) is 0 Å². The van der Waals surface area contributed by atoms with E-state index in [1.165, 1.54) is 33.4 Å². The first-order valence-corrected chi connectivity index (χ1v) is 14.4. The van der Waals surface area contributed by atoms with Gasteiger partial charge >= 0.3 is 217 Å². The Hall–Kier alpha value is -3.06. The van der Waals surface area contributed by atoms with Gasteiger partial charge in [0.2, 0.25) is 0 Å². The number of hydrogen-bond donors (Lipinski definition) is 0. The van der Waals surface area contributed by atoms with E-state index >= 15 is 0 Å². The first kappa shape index (κ1) is 22.4. The SMILES string of the molecule is CCC1=Cc2c(-c3ccccc3)cccc2[CH]1[V][CH]1C(CC)=Cc2c(-c3ccccc3)cccc21. The van der Waals surface area contributed by atoms with Gasteiger partial charge < -0.3 is 0 Å². The third kappa shape index (κ3) is 3.96. The third-order valence-corrected chi connectivity index (χ3v) is 10.4. The number of benzene rings is 4. The van der Waals surface area contributed by atoms with Crippen LogP contribution in [0.3, 0.4) is 0 Å². The second-order valence-corrected chi connectivity index (χ2v) is 11.5. The van der Waals surface area contributed by atoms with E-state index in [0.29, 0.717) is 9.26 Å². The average Bonchev–Trinajstić information content (AvgIpc) is 3.47. The van der Waals surface area contributed by atoms with Gasteiger partial charge in [-0.25, -0.2) is 0 Å². The van der Waals surface area contributed by atoms with Crippen LogP contribution in [0.25, 0.3) is 34.4 Å². The van der Waals surface area contributed by atoms with Crippen LogP contribution in [0.5, 0.6) is 0 Å². The van der Waals surface area contributed by atoms with Gasteiger partial charge in [0.25, 0.3) is 0 Å². The second-order valence-electron chi connectivity index (χ2n) is 9.45. The summed E-state index contributed by atoms with van der Waals surface area (Å²) >= 11 is 0.0370. The summed E-state index contributed by atoms with van der Waals surface area (Å²) in [6.07, 6.45) is 7.28. The normalized spacial score (nSPS) is 18.0. The van der Waals surface area contributed by atoms with Crippen LogP contribution in [0.15, 0.2) is 108 Å². The molecule has 0 aliphatic heterocycles. The fourth-order valence-electron chi connectivity index (χ4n) is 5.72. The van der Waals surface area contributed by atoms with Crippen molar-refractivity contribution in [2.24, 2.45) is 0 Å². The van der Waals surface area contributed by atoms with Crippen molar-refractivity contribution in [3.63, 3.8) is 0 Å². The van der Waals surface area contributed by atoms with Gasteiger partial charge in [0, 0.05) is 0 Å². The molecular weight excluding hydrogens is 459 g/mol. The summed E-state index contributed by atoms with van der Waals surface area (Å²) in [7, 11) is 0. The van der Waals surface area contributed by atoms with Crippen molar-refractivity contribution in [3.05, 3.63) is 130 Å². The van der Waals surface area contributed by atoms with E-state index in [1.807, 2.05) is 0 Å². The molecule has 0 saturated carbocycles. The van der Waals surface area contributed by atoms with Crippen molar-refractivity contribution in [1.82, 2.24) is 0 Å². The summed E-state index contributed by atoms with van der Waals surface area (Å²) in [4.78, 5) is 0. The Morgan fingerprint density at radius 2 is 0.943 bits per heavy atom. The molecule has 0 heterocycles. The van der Waals surface area contributed by atoms with Gasteiger partial charge in [0.05, 0.1) is 0 Å². The van der Waals surface area contributed by atoms with E-state index in [-0.39, 0.29) is 16.3 Å². The molecule has 2 aliphatic carbocycles. The van der Waals surface area contributed by atoms with Crippen LogP contribution in [0.1, 0.15) is 58.2 Å². The Morgan fingerprint density at radius 3 is 1.34 bits per heavy atom. The van der Waals surface area contributed by atoms with E-state index < -0.39 is 0 Å². The van der Waals surface area contributed by atoms with Crippen LogP contribution in [0.4, 0.5) is 0 Å². The molecule has 6 rings (SSSR count). The molecule has 0 N–H and O–H groups in total. The summed E-state index contributed by atoms with van der Waals surface area (Å²) < 4.78 is 1.14. The minimum atomic E-state index is 0.0370. The van der Waals surface area contributed by atoms with Crippen LogP contribution in [-0.2, 0) is 16.3 Å². The zero-order valence-electron chi connectivity index (χ0n) is 20.4. The zero-order valence-corrected chi connectivity index (χ0v) is 21.8. The monoisotopic (exact) mass is 489 g/mol. The van der Waals surface area contributed by atoms with Gasteiger partial charge in [-0.15, -0.1) is 0 Å². The van der Waals surface area contributed by atoms with Gasteiger partial charge in [0.1, 0.15) is 0 Å². The van der Waals surface area contributed by atoms with Gasteiger partial charge in [-0.2, -0.15) is 0 Å². The van der Waals surface area contributed by atoms with E-state index in [4.69, 9.17) is 0 Å². The van der Waals surface area contributed by atoms with Gasteiger partial charge in [0.15, 0.2) is 0 Å². The maximum atomic E-state index is 2.52. The summed E-state index contributed by atoms with van der Waals surface area (Å²) in [5, 5.41) is 0. The van der Waals surface area contributed by atoms with E-state index in [2.05, 4.69) is 123 Å². The van der Waals surface area contributed by atoms with Crippen molar-refractivity contribution in [2.75, 3.05) is 0 Å². The molecule has 0 fully saturated rings. The predicted molar refractivity (Wildman–Crippen MR) is 146 cm³/mol. The first-order valence-electron chi connectivity index (χ1n) is 12.8. The van der Waals surface area contributed by atoms with Crippen LogP contribution < -0.4 is 0 Å². The molecule has 0 amide bonds. The average molecular weight is 490 g/mol. The van der Waals surface area contributed by atoms with Crippen LogP contribution >= 0.6 is 0 Å². The molecule has 4 aromatic rings. The molecule has 4 aromatic carbocycles. The molecule has 0 bridgehead atoms. The van der Waals surface area contributed by atoms with Crippen LogP contribution in [-0.4, -0.2) is 0 Å². The van der Waals surface area contributed by atoms with Crippen LogP contribution in [0.2, 0.25) is 0 Å². The number of allylic oxidation sites excluding steroid dienone is 2. The number of rotatable bonds is 6. The Kier molecular flexibility index (Phi) is 6.11. The van der Waals surface area contributed by atoms with Crippen molar-refractivity contribution in [3.8, 4) is 22.3 Å². The van der Waals surface area contributed by atoms with Crippen molar-refractivity contribution < 1.29 is 16.3 Å². The molecule has 2 atom stereocenters. The first-order chi connectivity index (χ1) is 17.3. The quantitative estimate of drug-likeness (QED) is 0.253. The van der Waals surface area contributed by atoms with E-state index in [9.17, 15) is 0 Å². The summed E-state index contributed by atoms with van der Waals surface area (Å²) in [5.41, 5.74) is 14.6. The number of hydrogen-bond acceptors (Lipinski definition) is 0. The van der Waals surface area contributed by atoms with Crippen molar-refractivity contribution in [1.29, 1.82) is 0 Å². The van der Waals surface area contributed by atoms with Gasteiger partial charge in [-0.1, -0.05) is 0 Å². The Labute approximate surface area is 216 Å². The molecule has 2 unspecified atom stereocenters. The molecule has 171 valence electrons. The fraction of sp³-hybridized carbons (Fsp3) is 0.176. The van der Waals surface area contributed by atoms with Crippen molar-refractivity contribution >= 4 is 12.2 Å². The minimum absolute atomic E-state index is 0.0370. The standard InChI is InChI=1S/2C17H15.V/c2*1-2-13-11-15-9-6-10-16(17(15)12-13)14-7-4-3-5-8-14;/h2*3-12H,2H2,1H3;. The molecular formula is C34H30V. The third-order valence-electron chi connectivity index (χ3n) is 7.52. The fourth-order valence-corrected chi connectivity index (χ4v) is 8.80. The van der Waals surface area contributed by atoms with E-state index in [0.717, 1.165) is 12.8 Å². The topological polar surface area (TPSA) is 0 Å².